The van der Waals surface area contributed by atoms with Crippen LogP contribution in [0.15, 0.2) is 30.5 Å². The van der Waals surface area contributed by atoms with Gasteiger partial charge in [0.25, 0.3) is 0 Å². The maximum absolute atomic E-state index is 13.6. The van der Waals surface area contributed by atoms with Crippen molar-refractivity contribution >= 4 is 11.8 Å². The van der Waals surface area contributed by atoms with Crippen LogP contribution in [0.25, 0.3) is 0 Å². The SMILES string of the molecule is CCOC(=O)c1cnn2c1NC(c1ccccc1C)CC2C(F)(F)F. The molecule has 3 rings (SSSR count). The Morgan fingerprint density at radius 2 is 2.12 bits per heavy atom. The Morgan fingerprint density at radius 3 is 2.76 bits per heavy atom. The first kappa shape index (κ1) is 17.3. The number of fused-ring (bicyclic) bond motifs is 1. The molecule has 1 aromatic carbocycles. The Morgan fingerprint density at radius 1 is 1.40 bits per heavy atom. The van der Waals surface area contributed by atoms with Crippen LogP contribution in [-0.4, -0.2) is 28.5 Å². The molecule has 1 aliphatic rings. The molecule has 0 saturated carbocycles. The zero-order valence-corrected chi connectivity index (χ0v) is 13.8. The smallest absolute Gasteiger partial charge is 0.410 e. The van der Waals surface area contributed by atoms with Crippen molar-refractivity contribution in [2.75, 3.05) is 11.9 Å². The predicted molar refractivity (Wildman–Crippen MR) is 85.4 cm³/mol. The number of hydrogen-bond donors (Lipinski definition) is 1. The largest absolute Gasteiger partial charge is 0.462 e. The molecular formula is C17H18F3N3O2. The number of ether oxygens (including phenoxy) is 1. The summed E-state index contributed by atoms with van der Waals surface area (Å²) in [6.07, 6.45) is -3.56. The van der Waals surface area contributed by atoms with Gasteiger partial charge in [0.05, 0.1) is 18.8 Å². The van der Waals surface area contributed by atoms with E-state index < -0.39 is 24.2 Å². The molecule has 134 valence electrons. The molecule has 1 N–H and O–H groups in total. The molecule has 2 unspecified atom stereocenters. The Hall–Kier alpha value is -2.51. The first-order valence-electron chi connectivity index (χ1n) is 7.96. The molecule has 0 fully saturated rings. The molecule has 0 spiro atoms. The summed E-state index contributed by atoms with van der Waals surface area (Å²) >= 11 is 0. The van der Waals surface area contributed by atoms with E-state index in [0.717, 1.165) is 22.0 Å². The topological polar surface area (TPSA) is 56.1 Å². The number of aromatic nitrogens is 2. The average molecular weight is 353 g/mol. The van der Waals surface area contributed by atoms with Gasteiger partial charge in [0.15, 0.2) is 6.04 Å². The van der Waals surface area contributed by atoms with Crippen LogP contribution in [0.1, 0.15) is 46.9 Å². The van der Waals surface area contributed by atoms with Gasteiger partial charge >= 0.3 is 12.1 Å². The number of hydrogen-bond acceptors (Lipinski definition) is 4. The molecule has 0 bridgehead atoms. The van der Waals surface area contributed by atoms with Gasteiger partial charge in [-0.1, -0.05) is 24.3 Å². The van der Waals surface area contributed by atoms with E-state index in [1.165, 1.54) is 0 Å². The lowest BCUT2D eigenvalue weighted by Gasteiger charge is -2.34. The number of anilines is 1. The number of carbonyl (C=O) groups is 1. The fraction of sp³-hybridized carbons (Fsp3) is 0.412. The summed E-state index contributed by atoms with van der Waals surface area (Å²) in [5.41, 5.74) is 1.65. The van der Waals surface area contributed by atoms with Crippen molar-refractivity contribution in [2.24, 2.45) is 0 Å². The molecule has 1 aromatic heterocycles. The van der Waals surface area contributed by atoms with Crippen molar-refractivity contribution in [3.63, 3.8) is 0 Å². The first-order chi connectivity index (χ1) is 11.8. The maximum atomic E-state index is 13.6. The summed E-state index contributed by atoms with van der Waals surface area (Å²) in [7, 11) is 0. The number of halogens is 3. The minimum absolute atomic E-state index is 0.00869. The van der Waals surface area contributed by atoms with Gasteiger partial charge in [0.2, 0.25) is 0 Å². The van der Waals surface area contributed by atoms with E-state index in [2.05, 4.69) is 10.4 Å². The minimum atomic E-state index is -4.48. The van der Waals surface area contributed by atoms with E-state index in [1.54, 1.807) is 19.1 Å². The van der Waals surface area contributed by atoms with E-state index in [0.29, 0.717) is 0 Å². The van der Waals surface area contributed by atoms with Crippen LogP contribution in [0.3, 0.4) is 0 Å². The van der Waals surface area contributed by atoms with Gasteiger partial charge in [-0.05, 0) is 25.0 Å². The van der Waals surface area contributed by atoms with Gasteiger partial charge in [0.1, 0.15) is 11.4 Å². The number of rotatable bonds is 3. The van der Waals surface area contributed by atoms with Crippen LogP contribution in [0.2, 0.25) is 0 Å². The van der Waals surface area contributed by atoms with Crippen LogP contribution in [0, 0.1) is 6.92 Å². The number of aryl methyl sites for hydroxylation is 1. The lowest BCUT2D eigenvalue weighted by atomic mass is 9.93. The second-order valence-corrected chi connectivity index (χ2v) is 5.92. The number of benzene rings is 1. The Kier molecular flexibility index (Phi) is 4.45. The van der Waals surface area contributed by atoms with E-state index in [9.17, 15) is 18.0 Å². The van der Waals surface area contributed by atoms with Crippen LogP contribution in [-0.2, 0) is 4.74 Å². The highest BCUT2D eigenvalue weighted by Gasteiger charge is 2.47. The number of nitrogens with zero attached hydrogens (tertiary/aromatic N) is 2. The average Bonchev–Trinajstić information content (AvgIpc) is 2.97. The highest BCUT2D eigenvalue weighted by atomic mass is 19.4. The summed E-state index contributed by atoms with van der Waals surface area (Å²) < 4.78 is 46.4. The van der Waals surface area contributed by atoms with Crippen molar-refractivity contribution in [2.45, 2.75) is 38.5 Å². The molecule has 0 aliphatic carbocycles. The summed E-state index contributed by atoms with van der Waals surface area (Å²) in [5.74, 6) is -0.650. The van der Waals surface area contributed by atoms with Crippen LogP contribution < -0.4 is 5.32 Å². The Labute approximate surface area is 142 Å². The molecule has 0 radical (unpaired) electrons. The second-order valence-electron chi connectivity index (χ2n) is 5.92. The van der Waals surface area contributed by atoms with E-state index in [-0.39, 0.29) is 24.4 Å². The van der Waals surface area contributed by atoms with Gasteiger partial charge in [-0.2, -0.15) is 18.3 Å². The Balaban J connectivity index is 2.06. The molecule has 25 heavy (non-hydrogen) atoms. The molecule has 1 aliphatic heterocycles. The van der Waals surface area contributed by atoms with Crippen LogP contribution >= 0.6 is 0 Å². The summed E-state index contributed by atoms with van der Waals surface area (Å²) in [5, 5.41) is 6.84. The summed E-state index contributed by atoms with van der Waals surface area (Å²) in [4.78, 5) is 12.0. The van der Waals surface area contributed by atoms with Gasteiger partial charge in [0, 0.05) is 6.42 Å². The molecule has 5 nitrogen and oxygen atoms in total. The number of carbonyl (C=O) groups excluding carboxylic acids is 1. The minimum Gasteiger partial charge on any atom is -0.462 e. The standard InChI is InChI=1S/C17H18F3N3O2/c1-3-25-16(24)12-9-21-23-14(17(18,19)20)8-13(22-15(12)23)11-7-5-4-6-10(11)2/h4-7,9,13-14,22H,3,8H2,1-2H3. The lowest BCUT2D eigenvalue weighted by molar-refractivity contribution is -0.173. The molecule has 2 atom stereocenters. The maximum Gasteiger partial charge on any atom is 0.410 e. The van der Waals surface area contributed by atoms with Crippen molar-refractivity contribution in [3.05, 3.63) is 47.2 Å². The highest BCUT2D eigenvalue weighted by molar-refractivity contribution is 5.94. The quantitative estimate of drug-likeness (QED) is 0.847. The molecule has 2 aromatic rings. The highest BCUT2D eigenvalue weighted by Crippen LogP contribution is 2.44. The molecule has 0 amide bonds. The van der Waals surface area contributed by atoms with Crippen molar-refractivity contribution < 1.29 is 22.7 Å². The third kappa shape index (κ3) is 3.20. The van der Waals surface area contributed by atoms with Crippen molar-refractivity contribution in [1.29, 1.82) is 0 Å². The number of nitrogens with one attached hydrogen (secondary N) is 1. The summed E-state index contributed by atoms with van der Waals surface area (Å²) in [6, 6.07) is 4.86. The van der Waals surface area contributed by atoms with Crippen molar-refractivity contribution in [3.8, 4) is 0 Å². The zero-order chi connectivity index (χ0) is 18.2. The monoisotopic (exact) mass is 353 g/mol. The lowest BCUT2D eigenvalue weighted by Crippen LogP contribution is -2.36. The second kappa shape index (κ2) is 6.42. The number of alkyl halides is 3. The van der Waals surface area contributed by atoms with E-state index in [1.807, 2.05) is 19.1 Å². The normalized spacial score (nSPS) is 19.9. The predicted octanol–water partition coefficient (Wildman–Crippen LogP) is 4.03. The zero-order valence-electron chi connectivity index (χ0n) is 13.8. The molecular weight excluding hydrogens is 335 g/mol. The third-order valence-electron chi connectivity index (χ3n) is 4.30. The Bertz CT molecular complexity index is 786. The molecule has 2 heterocycles. The molecule has 0 saturated heterocycles. The number of esters is 1. The van der Waals surface area contributed by atoms with Gasteiger partial charge in [-0.25, -0.2) is 9.48 Å². The van der Waals surface area contributed by atoms with Gasteiger partial charge in [-0.15, -0.1) is 0 Å². The molecule has 8 heteroatoms. The third-order valence-corrected chi connectivity index (χ3v) is 4.30. The van der Waals surface area contributed by atoms with E-state index in [4.69, 9.17) is 4.74 Å². The fourth-order valence-electron chi connectivity index (χ4n) is 3.10. The fourth-order valence-corrected chi connectivity index (χ4v) is 3.10. The van der Waals surface area contributed by atoms with Crippen molar-refractivity contribution in [1.82, 2.24) is 9.78 Å². The van der Waals surface area contributed by atoms with Crippen LogP contribution in [0.5, 0.6) is 0 Å². The first-order valence-corrected chi connectivity index (χ1v) is 7.96. The van der Waals surface area contributed by atoms with Gasteiger partial charge in [-0.3, -0.25) is 0 Å². The van der Waals surface area contributed by atoms with E-state index >= 15 is 0 Å². The van der Waals surface area contributed by atoms with Gasteiger partial charge < -0.3 is 10.1 Å². The van der Waals surface area contributed by atoms with Crippen LogP contribution in [0.4, 0.5) is 19.0 Å². The summed E-state index contributed by atoms with van der Waals surface area (Å²) in [6.45, 7) is 3.61.